The van der Waals surface area contributed by atoms with Crippen LogP contribution in [0.15, 0.2) is 45.6 Å². The van der Waals surface area contributed by atoms with Crippen molar-refractivity contribution >= 4 is 22.7 Å². The number of carbonyl (C=O) groups is 1. The Morgan fingerprint density at radius 3 is 2.87 bits per heavy atom. The second-order valence-electron chi connectivity index (χ2n) is 5.33. The zero-order valence-corrected chi connectivity index (χ0v) is 12.8. The minimum Gasteiger partial charge on any atom is -0.483 e. The zero-order chi connectivity index (χ0) is 16.4. The van der Waals surface area contributed by atoms with Gasteiger partial charge in [0.05, 0.1) is 5.52 Å². The molecule has 3 rings (SSSR count). The van der Waals surface area contributed by atoms with Crippen molar-refractivity contribution in [3.8, 4) is 5.75 Å². The standard InChI is InChI=1S/C17H16N2O4/c1-10-3-4-11(2)15(7-10)22-9-16(20)18-12-5-6-14-13(8-12)19-17(21)23-14/h3-8H,9H2,1-2H3,(H,18,20)(H,19,21). The summed E-state index contributed by atoms with van der Waals surface area (Å²) in [6, 6.07) is 10.7. The number of nitrogens with one attached hydrogen (secondary N) is 2. The maximum atomic E-state index is 12.0. The van der Waals surface area contributed by atoms with E-state index in [9.17, 15) is 9.59 Å². The third-order valence-electron chi connectivity index (χ3n) is 3.41. The number of rotatable bonds is 4. The van der Waals surface area contributed by atoms with Crippen molar-refractivity contribution in [1.29, 1.82) is 0 Å². The highest BCUT2D eigenvalue weighted by Crippen LogP contribution is 2.19. The highest BCUT2D eigenvalue weighted by Gasteiger charge is 2.08. The van der Waals surface area contributed by atoms with Crippen LogP contribution in [0, 0.1) is 13.8 Å². The Labute approximate surface area is 132 Å². The quantitative estimate of drug-likeness (QED) is 0.776. The summed E-state index contributed by atoms with van der Waals surface area (Å²) in [6.07, 6.45) is 0. The molecular formula is C17H16N2O4. The summed E-state index contributed by atoms with van der Waals surface area (Å²) in [5.74, 6) is -0.118. The van der Waals surface area contributed by atoms with Gasteiger partial charge in [-0.15, -0.1) is 0 Å². The van der Waals surface area contributed by atoms with Crippen LogP contribution >= 0.6 is 0 Å². The second kappa shape index (κ2) is 6.00. The zero-order valence-electron chi connectivity index (χ0n) is 12.8. The fraction of sp³-hybridized carbons (Fsp3) is 0.176. The van der Waals surface area contributed by atoms with Crippen LogP contribution in [0.2, 0.25) is 0 Å². The van der Waals surface area contributed by atoms with Crippen LogP contribution in [0.3, 0.4) is 0 Å². The van der Waals surface area contributed by atoms with Crippen LogP contribution in [0.5, 0.6) is 5.75 Å². The first-order chi connectivity index (χ1) is 11.0. The Morgan fingerprint density at radius 2 is 2.04 bits per heavy atom. The Morgan fingerprint density at radius 1 is 1.22 bits per heavy atom. The number of H-pyrrole nitrogens is 1. The molecule has 6 nitrogen and oxygen atoms in total. The number of ether oxygens (including phenoxy) is 1. The first kappa shape index (κ1) is 14.9. The molecule has 0 spiro atoms. The highest BCUT2D eigenvalue weighted by molar-refractivity contribution is 5.93. The largest absolute Gasteiger partial charge is 0.483 e. The molecule has 1 aromatic heterocycles. The summed E-state index contributed by atoms with van der Waals surface area (Å²) >= 11 is 0. The minimum absolute atomic E-state index is 0.0930. The normalized spacial score (nSPS) is 10.7. The second-order valence-corrected chi connectivity index (χ2v) is 5.33. The molecule has 1 heterocycles. The van der Waals surface area contributed by atoms with Gasteiger partial charge in [-0.25, -0.2) is 4.79 Å². The molecule has 0 aliphatic heterocycles. The predicted octanol–water partition coefficient (Wildman–Crippen LogP) is 2.76. The molecule has 1 amide bonds. The summed E-state index contributed by atoms with van der Waals surface area (Å²) in [6.45, 7) is 3.80. The van der Waals surface area contributed by atoms with Crippen LogP contribution in [0.4, 0.5) is 5.69 Å². The number of benzene rings is 2. The third kappa shape index (κ3) is 3.42. The number of aromatic nitrogens is 1. The van der Waals surface area contributed by atoms with E-state index in [0.717, 1.165) is 11.1 Å². The van der Waals surface area contributed by atoms with E-state index in [-0.39, 0.29) is 12.5 Å². The topological polar surface area (TPSA) is 84.3 Å². The number of aryl methyl sites for hydroxylation is 2. The van der Waals surface area contributed by atoms with Crippen LogP contribution in [0.1, 0.15) is 11.1 Å². The number of carbonyl (C=O) groups excluding carboxylic acids is 1. The van der Waals surface area contributed by atoms with Gasteiger partial charge in [0.1, 0.15) is 5.75 Å². The molecule has 0 saturated carbocycles. The molecule has 0 bridgehead atoms. The summed E-state index contributed by atoms with van der Waals surface area (Å²) in [4.78, 5) is 25.6. The monoisotopic (exact) mass is 312 g/mol. The summed E-state index contributed by atoms with van der Waals surface area (Å²) < 4.78 is 10.5. The van der Waals surface area contributed by atoms with Crippen LogP contribution in [0.25, 0.3) is 11.1 Å². The van der Waals surface area contributed by atoms with Crippen molar-refractivity contribution in [3.05, 3.63) is 58.1 Å². The van der Waals surface area contributed by atoms with Crippen molar-refractivity contribution in [2.75, 3.05) is 11.9 Å². The van der Waals surface area contributed by atoms with Crippen molar-refractivity contribution in [1.82, 2.24) is 4.98 Å². The molecule has 3 aromatic rings. The highest BCUT2D eigenvalue weighted by atomic mass is 16.5. The molecule has 118 valence electrons. The van der Waals surface area contributed by atoms with Gasteiger partial charge in [-0.1, -0.05) is 12.1 Å². The van der Waals surface area contributed by atoms with Gasteiger partial charge in [-0.3, -0.25) is 9.78 Å². The van der Waals surface area contributed by atoms with Crippen molar-refractivity contribution in [3.63, 3.8) is 0 Å². The van der Waals surface area contributed by atoms with E-state index in [1.807, 2.05) is 32.0 Å². The maximum Gasteiger partial charge on any atom is 0.417 e. The lowest BCUT2D eigenvalue weighted by molar-refractivity contribution is -0.118. The van der Waals surface area contributed by atoms with Gasteiger partial charge in [0, 0.05) is 5.69 Å². The van der Waals surface area contributed by atoms with E-state index in [4.69, 9.17) is 9.15 Å². The van der Waals surface area contributed by atoms with E-state index >= 15 is 0 Å². The SMILES string of the molecule is Cc1ccc(C)c(OCC(=O)Nc2ccc3oc(=O)[nH]c3c2)c1. The lowest BCUT2D eigenvalue weighted by Gasteiger charge is -2.10. The Hall–Kier alpha value is -3.02. The molecule has 0 radical (unpaired) electrons. The first-order valence-electron chi connectivity index (χ1n) is 7.14. The van der Waals surface area contributed by atoms with Crippen LogP contribution in [-0.2, 0) is 4.79 Å². The van der Waals surface area contributed by atoms with E-state index in [1.165, 1.54) is 0 Å². The lowest BCUT2D eigenvalue weighted by Crippen LogP contribution is -2.20. The number of amides is 1. The number of hydrogen-bond donors (Lipinski definition) is 2. The first-order valence-corrected chi connectivity index (χ1v) is 7.14. The van der Waals surface area contributed by atoms with E-state index in [0.29, 0.717) is 22.5 Å². The summed E-state index contributed by atoms with van der Waals surface area (Å²) in [5.41, 5.74) is 3.58. The van der Waals surface area contributed by atoms with Crippen molar-refractivity contribution in [2.45, 2.75) is 13.8 Å². The Balaban J connectivity index is 1.66. The number of hydrogen-bond acceptors (Lipinski definition) is 4. The molecule has 2 aromatic carbocycles. The fourth-order valence-corrected chi connectivity index (χ4v) is 2.23. The smallest absolute Gasteiger partial charge is 0.417 e. The average molecular weight is 312 g/mol. The third-order valence-corrected chi connectivity index (χ3v) is 3.41. The van der Waals surface area contributed by atoms with Crippen LogP contribution < -0.4 is 15.8 Å². The average Bonchev–Trinajstić information content (AvgIpc) is 2.87. The lowest BCUT2D eigenvalue weighted by atomic mass is 10.1. The molecule has 23 heavy (non-hydrogen) atoms. The molecule has 0 aliphatic carbocycles. The van der Waals surface area contributed by atoms with Crippen molar-refractivity contribution in [2.24, 2.45) is 0 Å². The number of oxazole rings is 1. The van der Waals surface area contributed by atoms with Crippen LogP contribution in [-0.4, -0.2) is 17.5 Å². The Kier molecular flexibility index (Phi) is 3.89. The molecule has 0 unspecified atom stereocenters. The molecule has 0 fully saturated rings. The minimum atomic E-state index is -0.526. The summed E-state index contributed by atoms with van der Waals surface area (Å²) in [7, 11) is 0. The van der Waals surface area contributed by atoms with Gasteiger partial charge in [-0.2, -0.15) is 0 Å². The summed E-state index contributed by atoms with van der Waals surface area (Å²) in [5, 5.41) is 2.72. The van der Waals surface area contributed by atoms with Crippen molar-refractivity contribution < 1.29 is 13.9 Å². The van der Waals surface area contributed by atoms with E-state index in [1.54, 1.807) is 18.2 Å². The van der Waals surface area contributed by atoms with Gasteiger partial charge in [0.15, 0.2) is 12.2 Å². The molecule has 0 atom stereocenters. The van der Waals surface area contributed by atoms with Gasteiger partial charge in [0.2, 0.25) is 0 Å². The van der Waals surface area contributed by atoms with Gasteiger partial charge in [0.25, 0.3) is 5.91 Å². The number of anilines is 1. The molecular weight excluding hydrogens is 296 g/mol. The van der Waals surface area contributed by atoms with Gasteiger partial charge in [-0.05, 0) is 49.2 Å². The molecule has 0 saturated heterocycles. The molecule has 6 heteroatoms. The van der Waals surface area contributed by atoms with E-state index in [2.05, 4.69) is 10.3 Å². The van der Waals surface area contributed by atoms with Gasteiger partial charge < -0.3 is 14.5 Å². The predicted molar refractivity (Wildman–Crippen MR) is 86.9 cm³/mol. The van der Waals surface area contributed by atoms with Gasteiger partial charge >= 0.3 is 5.76 Å². The fourth-order valence-electron chi connectivity index (χ4n) is 2.23. The molecule has 0 aliphatic rings. The maximum absolute atomic E-state index is 12.0. The Bertz CT molecular complexity index is 924. The molecule has 2 N–H and O–H groups in total. The number of aromatic amines is 1. The van der Waals surface area contributed by atoms with E-state index < -0.39 is 5.76 Å². The number of fused-ring (bicyclic) bond motifs is 1.